The van der Waals surface area contributed by atoms with E-state index in [1.165, 1.54) is 4.90 Å². The second-order valence-corrected chi connectivity index (χ2v) is 4.95. The van der Waals surface area contributed by atoms with E-state index in [1.807, 2.05) is 0 Å². The standard InChI is InChI=1S/C5H10N2.F6P/c1-6-3-4-7(2)5-6;1-7(2,3,4,5)6/h3-4H,5H2,1-2H3;/q;-1/p+1. The van der Waals surface area contributed by atoms with Crippen molar-refractivity contribution in [3.8, 4) is 0 Å². The first-order chi connectivity index (χ1) is 5.74. The van der Waals surface area contributed by atoms with Gasteiger partial charge in [0.15, 0.2) is 6.67 Å². The van der Waals surface area contributed by atoms with Crippen molar-refractivity contribution >= 4 is 7.81 Å². The molecule has 0 aromatic carbocycles. The summed E-state index contributed by atoms with van der Waals surface area (Å²) in [6.45, 7) is 1.11. The van der Waals surface area contributed by atoms with Gasteiger partial charge in [0.2, 0.25) is 0 Å². The zero-order valence-corrected chi connectivity index (χ0v) is 8.42. The fourth-order valence-electron chi connectivity index (χ4n) is 0.753. The first kappa shape index (κ1) is 13.5. The summed E-state index contributed by atoms with van der Waals surface area (Å²) in [7, 11) is -6.44. The van der Waals surface area contributed by atoms with Crippen molar-refractivity contribution in [2.45, 2.75) is 0 Å². The first-order valence-corrected chi connectivity index (χ1v) is 5.54. The van der Waals surface area contributed by atoms with E-state index < -0.39 is 7.81 Å². The summed E-state index contributed by atoms with van der Waals surface area (Å²) in [5.74, 6) is 0. The first-order valence-electron chi connectivity index (χ1n) is 3.51. The molecular formula is C5H11F6N2P. The summed E-state index contributed by atoms with van der Waals surface area (Å²) in [6, 6.07) is 0. The van der Waals surface area contributed by atoms with Crippen LogP contribution in [0.5, 0.6) is 0 Å². The van der Waals surface area contributed by atoms with Crippen LogP contribution in [0.2, 0.25) is 0 Å². The average molecular weight is 244 g/mol. The summed E-state index contributed by atoms with van der Waals surface area (Å²) in [4.78, 5) is 3.61. The maximum absolute atomic E-state index is 10.7. The van der Waals surface area contributed by atoms with Gasteiger partial charge in [-0.25, -0.2) is 0 Å². The number of nitrogens with zero attached hydrogens (tertiary/aromatic N) is 1. The molecule has 9 heteroatoms. The fourth-order valence-corrected chi connectivity index (χ4v) is 0.753. The molecule has 2 nitrogen and oxygen atoms in total. The van der Waals surface area contributed by atoms with E-state index >= 15 is 0 Å². The van der Waals surface area contributed by atoms with Crippen LogP contribution < -0.4 is 4.90 Å². The fraction of sp³-hybridized carbons (Fsp3) is 0.600. The molecule has 0 bridgehead atoms. The normalized spacial score (nSPS) is 26.3. The predicted octanol–water partition coefficient (Wildman–Crippen LogP) is 2.26. The molecule has 1 unspecified atom stereocenters. The zero-order valence-electron chi connectivity index (χ0n) is 7.52. The van der Waals surface area contributed by atoms with Crippen molar-refractivity contribution in [1.82, 2.24) is 4.90 Å². The van der Waals surface area contributed by atoms with Crippen molar-refractivity contribution in [1.29, 1.82) is 0 Å². The molecule has 14 heavy (non-hydrogen) atoms. The van der Waals surface area contributed by atoms with Crippen molar-refractivity contribution in [2.75, 3.05) is 20.8 Å². The van der Waals surface area contributed by atoms with Crippen LogP contribution in [0.4, 0.5) is 25.2 Å². The van der Waals surface area contributed by atoms with E-state index in [0.29, 0.717) is 0 Å². The van der Waals surface area contributed by atoms with E-state index in [-0.39, 0.29) is 0 Å². The van der Waals surface area contributed by atoms with Crippen LogP contribution in [0, 0.1) is 0 Å². The van der Waals surface area contributed by atoms with Crippen LogP contribution in [-0.2, 0) is 0 Å². The van der Waals surface area contributed by atoms with Gasteiger partial charge in [0.25, 0.3) is 0 Å². The number of hydrogen-bond acceptors (Lipinski definition) is 1. The molecule has 0 spiro atoms. The molecule has 1 heterocycles. The Balaban J connectivity index is 0.000000241. The van der Waals surface area contributed by atoms with Crippen LogP contribution >= 0.6 is 7.81 Å². The molecule has 88 valence electrons. The average Bonchev–Trinajstić information content (AvgIpc) is 2.04. The van der Waals surface area contributed by atoms with Crippen LogP contribution in [0.3, 0.4) is 0 Å². The Kier molecular flexibility index (Phi) is 2.89. The van der Waals surface area contributed by atoms with Crippen molar-refractivity contribution in [3.05, 3.63) is 12.4 Å². The number of nitrogens with one attached hydrogen (secondary N) is 1. The number of hydrogen-bond donors (Lipinski definition) is 1. The van der Waals surface area contributed by atoms with Gasteiger partial charge in [-0.05, 0) is 0 Å². The van der Waals surface area contributed by atoms with Crippen molar-refractivity contribution in [2.24, 2.45) is 0 Å². The van der Waals surface area contributed by atoms with Crippen molar-refractivity contribution < 1.29 is 30.1 Å². The monoisotopic (exact) mass is 244 g/mol. The number of quaternary nitrogens is 1. The Hall–Kier alpha value is -0.490. The number of halogens is 6. The molecule has 0 aliphatic carbocycles. The Morgan fingerprint density at radius 2 is 1.50 bits per heavy atom. The molecule has 0 radical (unpaired) electrons. The van der Waals surface area contributed by atoms with Crippen LogP contribution in [0.15, 0.2) is 12.4 Å². The van der Waals surface area contributed by atoms with E-state index in [4.69, 9.17) is 0 Å². The van der Waals surface area contributed by atoms with Gasteiger partial charge >= 0.3 is 33.0 Å². The molecule has 1 N–H and O–H groups in total. The molecule has 1 atom stereocenters. The molecule has 1 aliphatic rings. The van der Waals surface area contributed by atoms with Crippen LogP contribution in [0.25, 0.3) is 0 Å². The Bertz CT molecular complexity index is 208. The summed E-state index contributed by atoms with van der Waals surface area (Å²) in [5, 5.41) is 0. The predicted molar refractivity (Wildman–Crippen MR) is 42.2 cm³/mol. The minimum atomic E-state index is -10.7. The molecule has 1 aliphatic heterocycles. The van der Waals surface area contributed by atoms with Gasteiger partial charge in [0.05, 0.1) is 13.2 Å². The number of rotatable bonds is 0. The van der Waals surface area contributed by atoms with Gasteiger partial charge in [0.1, 0.15) is 6.20 Å². The van der Waals surface area contributed by atoms with E-state index in [2.05, 4.69) is 31.4 Å². The molecule has 0 aromatic rings. The zero-order chi connectivity index (χ0) is 11.7. The summed E-state index contributed by atoms with van der Waals surface area (Å²) in [5.41, 5.74) is 0. The minimum absolute atomic E-state index is 1.11. The second-order valence-electron chi connectivity index (χ2n) is 3.04. The Labute approximate surface area is 77.0 Å². The third-order valence-electron chi connectivity index (χ3n) is 1.11. The van der Waals surface area contributed by atoms with Gasteiger partial charge in [-0.2, -0.15) is 0 Å². The SMILES string of the molecule is CN1C=C[NH+](C)C1.F[P-](F)(F)(F)(F)F. The van der Waals surface area contributed by atoms with Crippen LogP contribution in [0.1, 0.15) is 0 Å². The van der Waals surface area contributed by atoms with Gasteiger partial charge in [-0.3, -0.25) is 4.90 Å². The van der Waals surface area contributed by atoms with Crippen LogP contribution in [-0.4, -0.2) is 25.7 Å². The third-order valence-corrected chi connectivity index (χ3v) is 1.11. The Morgan fingerprint density at radius 3 is 1.57 bits per heavy atom. The second kappa shape index (κ2) is 3.00. The van der Waals surface area contributed by atoms with Crippen molar-refractivity contribution in [3.63, 3.8) is 0 Å². The molecule has 0 fully saturated rings. The van der Waals surface area contributed by atoms with Gasteiger partial charge in [-0.15, -0.1) is 0 Å². The maximum atomic E-state index is 9.87. The van der Waals surface area contributed by atoms with E-state index in [1.54, 1.807) is 0 Å². The van der Waals surface area contributed by atoms with Gasteiger partial charge in [-0.1, -0.05) is 0 Å². The molecule has 0 amide bonds. The summed E-state index contributed by atoms with van der Waals surface area (Å²) < 4.78 is 59.2. The molecule has 0 saturated carbocycles. The summed E-state index contributed by atoms with van der Waals surface area (Å²) >= 11 is 0. The molecule has 0 aromatic heterocycles. The van der Waals surface area contributed by atoms with E-state index in [9.17, 15) is 25.2 Å². The topological polar surface area (TPSA) is 7.68 Å². The quantitative estimate of drug-likeness (QED) is 0.507. The Morgan fingerprint density at radius 1 is 1.14 bits per heavy atom. The molecule has 0 saturated heterocycles. The van der Waals surface area contributed by atoms with E-state index in [0.717, 1.165) is 6.67 Å². The third kappa shape index (κ3) is 17.6. The van der Waals surface area contributed by atoms with Gasteiger partial charge in [0, 0.05) is 7.05 Å². The molecule has 1 rings (SSSR count). The summed E-state index contributed by atoms with van der Waals surface area (Å²) in [6.07, 6.45) is 4.23. The molecular weight excluding hydrogens is 233 g/mol. The van der Waals surface area contributed by atoms with Gasteiger partial charge < -0.3 is 4.90 Å².